The Morgan fingerprint density at radius 1 is 0.759 bits per heavy atom. The predicted molar refractivity (Wildman–Crippen MR) is 143 cm³/mol. The summed E-state index contributed by atoms with van der Waals surface area (Å²) in [4.78, 5) is 0. The van der Waals surface area contributed by atoms with Gasteiger partial charge in [0.15, 0.2) is 8.24 Å². The molecule has 2 rings (SSSR count). The number of benzene rings is 2. The van der Waals surface area contributed by atoms with Gasteiger partial charge in [-0.05, 0) is 16.4 Å². The average molecular weight is 463 g/mol. The average Bonchev–Trinajstić information content (AvgIpc) is 2.62. The van der Waals surface area contributed by atoms with Crippen LogP contribution < -0.4 is 10.6 Å². The van der Waals surface area contributed by atoms with Crippen LogP contribution >= 0.6 is 14.5 Å². The maximum absolute atomic E-state index is 5.96. The van der Waals surface area contributed by atoms with Gasteiger partial charge in [-0.3, -0.25) is 4.67 Å². The van der Waals surface area contributed by atoms with Crippen LogP contribution in [0.5, 0.6) is 0 Å². The van der Waals surface area contributed by atoms with E-state index in [1.165, 1.54) is 16.4 Å². The largest absolute Gasteiger partial charge is 0.320 e. The zero-order valence-corrected chi connectivity index (χ0v) is 23.5. The lowest BCUT2D eigenvalue weighted by Crippen LogP contribution is -2.36. The van der Waals surface area contributed by atoms with E-state index < -0.39 is 30.8 Å². The number of nitrogens with zero attached hydrogens (tertiary/aromatic N) is 2. The summed E-state index contributed by atoms with van der Waals surface area (Å²) in [6, 6.07) is 22.6. The van der Waals surface area contributed by atoms with Gasteiger partial charge in [0.1, 0.15) is 0 Å². The molecule has 6 heteroatoms. The molecule has 0 radical (unpaired) electrons. The first-order valence-electron chi connectivity index (χ1n) is 10.8. The number of hydrogen-bond donors (Lipinski definition) is 0. The van der Waals surface area contributed by atoms with Gasteiger partial charge in [-0.15, -0.1) is 0 Å². The van der Waals surface area contributed by atoms with Crippen LogP contribution in [0.2, 0.25) is 39.3 Å². The van der Waals surface area contributed by atoms with Gasteiger partial charge < -0.3 is 4.41 Å². The van der Waals surface area contributed by atoms with Crippen LogP contribution in [0.4, 0.5) is 0 Å². The smallest absolute Gasteiger partial charge is 0.172 e. The molecule has 1 atom stereocenters. The highest BCUT2D eigenvalue weighted by atomic mass is 32.1. The van der Waals surface area contributed by atoms with Gasteiger partial charge in [0.05, 0.1) is 8.07 Å². The number of hydrogen-bond acceptors (Lipinski definition) is 1. The SMILES string of the molecule is CCN(CC)P(C[Si](C)(C)C)(=N[Si](C)(C)C)P(c1ccccc1)c1ccccc1. The zero-order chi connectivity index (χ0) is 21.7. The van der Waals surface area contributed by atoms with E-state index in [4.69, 9.17) is 4.41 Å². The maximum atomic E-state index is 5.96. The lowest BCUT2D eigenvalue weighted by atomic mass is 10.4. The van der Waals surface area contributed by atoms with Gasteiger partial charge in [0, 0.05) is 27.6 Å². The standard InChI is InChI=1S/C23H40N2P2Si2/c1-9-25(10-2)27(21-28(3,4)5,24-29(6,7)8)26(22-17-13-11-14-18-22)23-19-15-12-16-20-23/h11-20H,9-10,21H2,1-8H3. The minimum atomic E-state index is -1.76. The summed E-state index contributed by atoms with van der Waals surface area (Å²) in [5, 5.41) is 2.99. The molecule has 2 aromatic rings. The Morgan fingerprint density at radius 3 is 1.48 bits per heavy atom. The summed E-state index contributed by atoms with van der Waals surface area (Å²) >= 11 is 0. The molecule has 0 saturated heterocycles. The van der Waals surface area contributed by atoms with Crippen LogP contribution in [0.1, 0.15) is 13.8 Å². The summed E-state index contributed by atoms with van der Waals surface area (Å²) in [5.74, 6) is 1.31. The summed E-state index contributed by atoms with van der Waals surface area (Å²) in [6.07, 6.45) is 0. The first kappa shape index (κ1) is 24.8. The lowest BCUT2D eigenvalue weighted by Gasteiger charge is -2.46. The van der Waals surface area contributed by atoms with E-state index in [0.717, 1.165) is 13.1 Å². The highest BCUT2D eigenvalue weighted by molar-refractivity contribution is 8.39. The Labute approximate surface area is 183 Å². The minimum Gasteiger partial charge on any atom is -0.320 e. The van der Waals surface area contributed by atoms with Crippen LogP contribution in [0.25, 0.3) is 0 Å². The second-order valence-corrected chi connectivity index (χ2v) is 28.1. The quantitative estimate of drug-likeness (QED) is 0.284. The van der Waals surface area contributed by atoms with Crippen molar-refractivity contribution in [3.8, 4) is 0 Å². The lowest BCUT2D eigenvalue weighted by molar-refractivity contribution is 0.509. The minimum absolute atomic E-state index is 0.538. The Morgan fingerprint density at radius 2 is 1.17 bits per heavy atom. The van der Waals surface area contributed by atoms with Gasteiger partial charge in [-0.2, -0.15) is 0 Å². The molecule has 160 valence electrons. The van der Waals surface area contributed by atoms with Crippen LogP contribution in [-0.4, -0.2) is 39.9 Å². The van der Waals surface area contributed by atoms with Crippen molar-refractivity contribution >= 4 is 41.4 Å². The summed E-state index contributed by atoms with van der Waals surface area (Å²) in [5.41, 5.74) is 0. The molecule has 0 spiro atoms. The van der Waals surface area contributed by atoms with Gasteiger partial charge in [-0.25, -0.2) is 0 Å². The third-order valence-electron chi connectivity index (χ3n) is 4.65. The van der Waals surface area contributed by atoms with E-state index in [2.05, 4.69) is 118 Å². The van der Waals surface area contributed by atoms with Gasteiger partial charge in [0.2, 0.25) is 0 Å². The zero-order valence-electron chi connectivity index (χ0n) is 19.7. The molecule has 2 nitrogen and oxygen atoms in total. The third kappa shape index (κ3) is 6.74. The molecule has 0 N–H and O–H groups in total. The molecule has 0 amide bonds. The molecule has 0 fully saturated rings. The van der Waals surface area contributed by atoms with E-state index in [9.17, 15) is 0 Å². The van der Waals surface area contributed by atoms with Gasteiger partial charge in [0.25, 0.3) is 0 Å². The van der Waals surface area contributed by atoms with Crippen molar-refractivity contribution in [2.45, 2.75) is 53.1 Å². The highest BCUT2D eigenvalue weighted by Crippen LogP contribution is 2.79. The molecule has 1 unspecified atom stereocenters. The van der Waals surface area contributed by atoms with E-state index >= 15 is 0 Å². The van der Waals surface area contributed by atoms with Crippen molar-refractivity contribution in [3.63, 3.8) is 0 Å². The summed E-state index contributed by atoms with van der Waals surface area (Å²) in [7, 11) is -3.55. The predicted octanol–water partition coefficient (Wildman–Crippen LogP) is 7.20. The van der Waals surface area contributed by atoms with E-state index in [1.807, 2.05) is 0 Å². The van der Waals surface area contributed by atoms with Crippen molar-refractivity contribution in [2.24, 2.45) is 4.41 Å². The molecular weight excluding hydrogens is 422 g/mol. The fraction of sp³-hybridized carbons (Fsp3) is 0.478. The van der Waals surface area contributed by atoms with Gasteiger partial charge >= 0.3 is 0 Å². The monoisotopic (exact) mass is 462 g/mol. The molecular formula is C23H40N2P2Si2. The van der Waals surface area contributed by atoms with Crippen molar-refractivity contribution in [1.82, 2.24) is 4.67 Å². The topological polar surface area (TPSA) is 15.6 Å². The summed E-state index contributed by atoms with van der Waals surface area (Å²) < 4.78 is 8.76. The van der Waals surface area contributed by atoms with E-state index in [1.54, 1.807) is 0 Å². The van der Waals surface area contributed by atoms with Crippen LogP contribution in [-0.2, 0) is 0 Å². The highest BCUT2D eigenvalue weighted by Gasteiger charge is 2.41. The van der Waals surface area contributed by atoms with Crippen molar-refractivity contribution in [3.05, 3.63) is 60.7 Å². The second kappa shape index (κ2) is 10.2. The molecule has 0 aliphatic heterocycles. The van der Waals surface area contributed by atoms with Crippen LogP contribution in [0, 0.1) is 0 Å². The van der Waals surface area contributed by atoms with E-state index in [0.29, 0.717) is 0 Å². The molecule has 2 aromatic carbocycles. The molecule has 0 aromatic heterocycles. The van der Waals surface area contributed by atoms with Gasteiger partial charge in [-0.1, -0.05) is 114 Å². The molecule has 0 heterocycles. The molecule has 0 aliphatic carbocycles. The first-order valence-corrected chi connectivity index (χ1v) is 21.9. The fourth-order valence-electron chi connectivity index (χ4n) is 3.89. The van der Waals surface area contributed by atoms with Crippen LogP contribution in [0.15, 0.2) is 65.1 Å². The second-order valence-electron chi connectivity index (χ2n) is 9.80. The first-order chi connectivity index (χ1) is 13.5. The van der Waals surface area contributed by atoms with Crippen molar-refractivity contribution < 1.29 is 0 Å². The fourth-order valence-corrected chi connectivity index (χ4v) is 31.9. The maximum Gasteiger partial charge on any atom is 0.172 e. The number of rotatable bonds is 9. The molecule has 0 bridgehead atoms. The van der Waals surface area contributed by atoms with Crippen molar-refractivity contribution in [2.75, 3.05) is 18.9 Å². The molecule has 0 saturated carbocycles. The summed E-state index contributed by atoms with van der Waals surface area (Å²) in [6.45, 7) is 20.0. The molecule has 29 heavy (non-hydrogen) atoms. The van der Waals surface area contributed by atoms with Crippen molar-refractivity contribution in [1.29, 1.82) is 0 Å². The van der Waals surface area contributed by atoms with E-state index in [-0.39, 0.29) is 0 Å². The Kier molecular flexibility index (Phi) is 8.71. The Hall–Kier alpha value is -0.506. The Balaban J connectivity index is 2.95. The van der Waals surface area contributed by atoms with Crippen LogP contribution in [0.3, 0.4) is 0 Å². The molecule has 0 aliphatic rings. The third-order valence-corrected chi connectivity index (χ3v) is 23.7. The Bertz CT molecular complexity index is 769. The normalized spacial score (nSPS) is 14.8.